The lowest BCUT2D eigenvalue weighted by molar-refractivity contribution is 0.414. The van der Waals surface area contributed by atoms with Crippen molar-refractivity contribution < 1.29 is 17.7 Å². The van der Waals surface area contributed by atoms with E-state index in [1.165, 1.54) is 0 Å². The Morgan fingerprint density at radius 1 is 0.867 bits per heavy atom. The van der Waals surface area contributed by atoms with Gasteiger partial charge in [0.2, 0.25) is 5.82 Å². The first-order valence-corrected chi connectivity index (χ1v) is 10.6. The second-order valence-corrected chi connectivity index (χ2v) is 8.33. The summed E-state index contributed by atoms with van der Waals surface area (Å²) >= 11 is 0. The highest BCUT2D eigenvalue weighted by Gasteiger charge is 2.15. The average Bonchev–Trinajstić information content (AvgIpc) is 3.25. The van der Waals surface area contributed by atoms with Crippen molar-refractivity contribution in [3.63, 3.8) is 0 Å². The van der Waals surface area contributed by atoms with Gasteiger partial charge in [0.1, 0.15) is 5.75 Å². The van der Waals surface area contributed by atoms with Crippen LogP contribution in [0.25, 0.3) is 22.8 Å². The molecule has 1 aromatic heterocycles. The van der Waals surface area contributed by atoms with Gasteiger partial charge in [-0.1, -0.05) is 22.9 Å². The monoisotopic (exact) mass is 421 g/mol. The van der Waals surface area contributed by atoms with Crippen LogP contribution in [-0.2, 0) is 10.0 Å². The number of benzene rings is 3. The summed E-state index contributed by atoms with van der Waals surface area (Å²) in [7, 11) is -2.05. The molecule has 0 bridgehead atoms. The summed E-state index contributed by atoms with van der Waals surface area (Å²) in [6, 6.07) is 20.7. The molecule has 0 fully saturated rings. The van der Waals surface area contributed by atoms with Crippen molar-refractivity contribution in [2.24, 2.45) is 0 Å². The molecule has 0 saturated heterocycles. The van der Waals surface area contributed by atoms with Crippen molar-refractivity contribution in [2.75, 3.05) is 11.8 Å². The first-order chi connectivity index (χ1) is 14.4. The number of aromatic nitrogens is 2. The van der Waals surface area contributed by atoms with Gasteiger partial charge < -0.3 is 9.26 Å². The van der Waals surface area contributed by atoms with Crippen molar-refractivity contribution in [1.82, 2.24) is 10.1 Å². The fourth-order valence-electron chi connectivity index (χ4n) is 2.81. The molecule has 152 valence electrons. The molecule has 0 atom stereocenters. The molecule has 0 unspecified atom stereocenters. The minimum atomic E-state index is -3.66. The molecule has 0 saturated carbocycles. The van der Waals surface area contributed by atoms with Gasteiger partial charge in [0.05, 0.1) is 12.0 Å². The fourth-order valence-corrected chi connectivity index (χ4v) is 3.87. The van der Waals surface area contributed by atoms with Gasteiger partial charge in [-0.15, -0.1) is 0 Å². The lowest BCUT2D eigenvalue weighted by Crippen LogP contribution is -2.12. The van der Waals surface area contributed by atoms with Gasteiger partial charge in [0.25, 0.3) is 15.9 Å². The van der Waals surface area contributed by atoms with Gasteiger partial charge in [-0.05, 0) is 67.6 Å². The van der Waals surface area contributed by atoms with Crippen LogP contribution in [-0.4, -0.2) is 25.7 Å². The van der Waals surface area contributed by atoms with Gasteiger partial charge >= 0.3 is 0 Å². The number of nitrogens with zero attached hydrogens (tertiary/aromatic N) is 2. The molecular formula is C22H19N3O4S. The summed E-state index contributed by atoms with van der Waals surface area (Å²) in [5.74, 6) is 1.53. The van der Waals surface area contributed by atoms with E-state index in [1.807, 2.05) is 31.2 Å². The second kappa shape index (κ2) is 8.00. The first-order valence-electron chi connectivity index (χ1n) is 9.13. The van der Waals surface area contributed by atoms with Crippen LogP contribution in [0, 0.1) is 6.92 Å². The van der Waals surface area contributed by atoms with Crippen LogP contribution < -0.4 is 9.46 Å². The Balaban J connectivity index is 1.51. The largest absolute Gasteiger partial charge is 0.497 e. The Morgan fingerprint density at radius 3 is 2.13 bits per heavy atom. The molecule has 8 heteroatoms. The maximum Gasteiger partial charge on any atom is 0.261 e. The van der Waals surface area contributed by atoms with Crippen molar-refractivity contribution in [2.45, 2.75) is 11.8 Å². The summed E-state index contributed by atoms with van der Waals surface area (Å²) in [5, 5.41) is 4.01. The maximum absolute atomic E-state index is 12.5. The van der Waals surface area contributed by atoms with Gasteiger partial charge in [-0.25, -0.2) is 8.42 Å². The van der Waals surface area contributed by atoms with E-state index in [0.717, 1.165) is 16.9 Å². The molecule has 7 nitrogen and oxygen atoms in total. The van der Waals surface area contributed by atoms with E-state index in [-0.39, 0.29) is 4.90 Å². The van der Waals surface area contributed by atoms with Crippen LogP contribution in [0.5, 0.6) is 5.75 Å². The smallest absolute Gasteiger partial charge is 0.261 e. The van der Waals surface area contributed by atoms with Crippen LogP contribution in [0.1, 0.15) is 5.56 Å². The number of rotatable bonds is 6. The third-order valence-corrected chi connectivity index (χ3v) is 5.89. The highest BCUT2D eigenvalue weighted by molar-refractivity contribution is 7.92. The second-order valence-electron chi connectivity index (χ2n) is 6.65. The molecule has 0 aliphatic carbocycles. The average molecular weight is 421 g/mol. The summed E-state index contributed by atoms with van der Waals surface area (Å²) in [5.41, 5.74) is 2.92. The van der Waals surface area contributed by atoms with E-state index >= 15 is 0 Å². The van der Waals surface area contributed by atoms with Gasteiger partial charge in [-0.2, -0.15) is 4.98 Å². The molecule has 0 spiro atoms. The molecule has 4 aromatic rings. The summed E-state index contributed by atoms with van der Waals surface area (Å²) in [6.45, 7) is 1.90. The highest BCUT2D eigenvalue weighted by atomic mass is 32.2. The van der Waals surface area contributed by atoms with E-state index < -0.39 is 10.0 Å². The first kappa shape index (κ1) is 19.7. The van der Waals surface area contributed by atoms with E-state index in [1.54, 1.807) is 55.6 Å². The summed E-state index contributed by atoms with van der Waals surface area (Å²) in [6.07, 6.45) is 0. The van der Waals surface area contributed by atoms with Crippen molar-refractivity contribution >= 4 is 15.7 Å². The number of methoxy groups -OCH3 is 1. The topological polar surface area (TPSA) is 94.3 Å². The SMILES string of the molecule is COc1ccc(-c2nc(-c3ccc(NS(=O)(=O)c4ccc(C)cc4)cc3)no2)cc1. The molecule has 4 rings (SSSR count). The fraction of sp³-hybridized carbons (Fsp3) is 0.0909. The molecule has 3 aromatic carbocycles. The number of hydrogen-bond acceptors (Lipinski definition) is 6. The van der Waals surface area contributed by atoms with Crippen molar-refractivity contribution in [1.29, 1.82) is 0 Å². The van der Waals surface area contributed by atoms with E-state index in [0.29, 0.717) is 23.0 Å². The zero-order chi connectivity index (χ0) is 21.1. The van der Waals surface area contributed by atoms with E-state index in [2.05, 4.69) is 14.9 Å². The predicted molar refractivity (Wildman–Crippen MR) is 114 cm³/mol. The normalized spacial score (nSPS) is 11.3. The number of nitrogens with one attached hydrogen (secondary N) is 1. The Bertz CT molecular complexity index is 1250. The number of aryl methyl sites for hydroxylation is 1. The number of anilines is 1. The Kier molecular flexibility index (Phi) is 5.24. The molecular weight excluding hydrogens is 402 g/mol. The third-order valence-electron chi connectivity index (χ3n) is 4.49. The quantitative estimate of drug-likeness (QED) is 0.492. The van der Waals surface area contributed by atoms with E-state index in [4.69, 9.17) is 9.26 Å². The molecule has 30 heavy (non-hydrogen) atoms. The number of sulfonamides is 1. The Labute approximate surface area is 174 Å². The minimum absolute atomic E-state index is 0.208. The molecule has 0 aliphatic rings. The summed E-state index contributed by atoms with van der Waals surface area (Å²) in [4.78, 5) is 4.62. The molecule has 1 heterocycles. The predicted octanol–water partition coefficient (Wildman–Crippen LogP) is 4.52. The van der Waals surface area contributed by atoms with Crippen LogP contribution in [0.3, 0.4) is 0 Å². The minimum Gasteiger partial charge on any atom is -0.497 e. The Morgan fingerprint density at radius 2 is 1.50 bits per heavy atom. The zero-order valence-corrected chi connectivity index (χ0v) is 17.2. The van der Waals surface area contributed by atoms with Crippen LogP contribution in [0.15, 0.2) is 82.2 Å². The van der Waals surface area contributed by atoms with Crippen LogP contribution >= 0.6 is 0 Å². The molecule has 0 aliphatic heterocycles. The van der Waals surface area contributed by atoms with Gasteiger partial charge in [0, 0.05) is 16.8 Å². The van der Waals surface area contributed by atoms with Gasteiger partial charge in [0.15, 0.2) is 0 Å². The third kappa shape index (κ3) is 4.18. The highest BCUT2D eigenvalue weighted by Crippen LogP contribution is 2.25. The van der Waals surface area contributed by atoms with Gasteiger partial charge in [-0.3, -0.25) is 4.72 Å². The number of ether oxygens (including phenoxy) is 1. The standard InChI is InChI=1S/C22H19N3O4S/c1-15-3-13-20(14-4-15)30(26,27)25-18-9-5-16(6-10-18)21-23-22(29-24-21)17-7-11-19(28-2)12-8-17/h3-14,25H,1-2H3. The van der Waals surface area contributed by atoms with E-state index in [9.17, 15) is 8.42 Å². The zero-order valence-electron chi connectivity index (χ0n) is 16.4. The molecule has 0 radical (unpaired) electrons. The lowest BCUT2D eigenvalue weighted by Gasteiger charge is -2.08. The van der Waals surface area contributed by atoms with Crippen molar-refractivity contribution in [3.05, 3.63) is 78.4 Å². The number of hydrogen-bond donors (Lipinski definition) is 1. The summed E-state index contributed by atoms with van der Waals surface area (Å²) < 4.78 is 38.1. The Hall–Kier alpha value is -3.65. The van der Waals surface area contributed by atoms with Crippen molar-refractivity contribution in [3.8, 4) is 28.6 Å². The molecule has 1 N–H and O–H groups in total. The lowest BCUT2D eigenvalue weighted by atomic mass is 10.2. The molecule has 0 amide bonds. The van der Waals surface area contributed by atoms with Crippen LogP contribution in [0.2, 0.25) is 0 Å². The maximum atomic E-state index is 12.5. The van der Waals surface area contributed by atoms with Crippen LogP contribution in [0.4, 0.5) is 5.69 Å².